The number of benzene rings is 1. The summed E-state index contributed by atoms with van der Waals surface area (Å²) in [6.07, 6.45) is 8.17. The number of halogens is 1. The average Bonchev–Trinajstić information content (AvgIpc) is 3.19. The van der Waals surface area contributed by atoms with Gasteiger partial charge in [-0.1, -0.05) is 6.58 Å². The van der Waals surface area contributed by atoms with Crippen molar-refractivity contribution in [3.63, 3.8) is 0 Å². The number of aromatic nitrogens is 5. The average molecular weight is 492 g/mol. The molecule has 3 aliphatic rings. The van der Waals surface area contributed by atoms with Crippen molar-refractivity contribution in [3.05, 3.63) is 60.7 Å². The highest BCUT2D eigenvalue weighted by Gasteiger charge is 2.36. The van der Waals surface area contributed by atoms with Crippen molar-refractivity contribution < 1.29 is 18.5 Å². The van der Waals surface area contributed by atoms with Crippen LogP contribution in [0.2, 0.25) is 0 Å². The minimum atomic E-state index is -0.383. The van der Waals surface area contributed by atoms with E-state index >= 15 is 4.39 Å². The number of likely N-dealkylation sites (tertiary alicyclic amines) is 2. The second-order valence-corrected chi connectivity index (χ2v) is 9.56. The number of hydrogen-bond donors (Lipinski definition) is 1. The molecule has 10 nitrogen and oxygen atoms in total. The highest BCUT2D eigenvalue weighted by molar-refractivity contribution is 5.87. The monoisotopic (exact) mass is 491 g/mol. The van der Waals surface area contributed by atoms with E-state index in [1.54, 1.807) is 28.0 Å². The van der Waals surface area contributed by atoms with Crippen LogP contribution in [0.5, 0.6) is 5.75 Å². The third kappa shape index (κ3) is 3.98. The van der Waals surface area contributed by atoms with Gasteiger partial charge in [-0.15, -0.1) is 4.98 Å². The number of ether oxygens (including phenoxy) is 1. The van der Waals surface area contributed by atoms with Gasteiger partial charge >= 0.3 is 0 Å². The van der Waals surface area contributed by atoms with Crippen molar-refractivity contribution in [2.45, 2.75) is 31.4 Å². The molecule has 6 rings (SSSR count). The molecule has 0 bridgehead atoms. The Labute approximate surface area is 208 Å². The Balaban J connectivity index is 1.19. The number of anilines is 2. The van der Waals surface area contributed by atoms with Gasteiger partial charge in [-0.05, 0) is 60.7 Å². The molecule has 1 N–H and O–H groups in total. The van der Waals surface area contributed by atoms with Crippen molar-refractivity contribution in [1.82, 2.24) is 29.5 Å². The fourth-order valence-electron chi connectivity index (χ4n) is 5.31. The lowest BCUT2D eigenvalue weighted by atomic mass is 9.87. The van der Waals surface area contributed by atoms with E-state index in [9.17, 15) is 4.79 Å². The van der Waals surface area contributed by atoms with E-state index in [1.807, 2.05) is 18.0 Å². The molecule has 0 atom stereocenters. The molecule has 0 spiro atoms. The summed E-state index contributed by atoms with van der Waals surface area (Å²) in [7, 11) is 1.83. The second-order valence-electron chi connectivity index (χ2n) is 9.56. The summed E-state index contributed by atoms with van der Waals surface area (Å²) in [5.74, 6) is 1.28. The SMILES string of the molecule is C=CC(=O)N1CC(N2CCC(c3cc(F)c4c(c3)Nc3ncnc(-[n+]5cnn(C)c5)c3CO4)CC2)C1. The maximum absolute atomic E-state index is 15.3. The van der Waals surface area contributed by atoms with E-state index in [2.05, 4.69) is 31.9 Å². The number of nitrogens with zero attached hydrogens (tertiary/aromatic N) is 7. The van der Waals surface area contributed by atoms with Gasteiger partial charge < -0.3 is 15.0 Å². The predicted octanol–water partition coefficient (Wildman–Crippen LogP) is 1.84. The van der Waals surface area contributed by atoms with Crippen molar-refractivity contribution in [3.8, 4) is 11.6 Å². The maximum atomic E-state index is 15.3. The first-order valence-electron chi connectivity index (χ1n) is 12.1. The van der Waals surface area contributed by atoms with Gasteiger partial charge in [-0.2, -0.15) is 9.25 Å². The molecule has 2 fully saturated rings. The molecule has 2 aromatic heterocycles. The van der Waals surface area contributed by atoms with Crippen LogP contribution in [0.25, 0.3) is 5.82 Å². The Morgan fingerprint density at radius 3 is 2.81 bits per heavy atom. The molecule has 186 valence electrons. The first kappa shape index (κ1) is 22.6. The Kier molecular flexibility index (Phi) is 5.63. The van der Waals surface area contributed by atoms with Gasteiger partial charge in [0.2, 0.25) is 18.1 Å². The predicted molar refractivity (Wildman–Crippen MR) is 128 cm³/mol. The van der Waals surface area contributed by atoms with Gasteiger partial charge in [-0.25, -0.2) is 9.37 Å². The van der Waals surface area contributed by atoms with Crippen molar-refractivity contribution >= 4 is 17.4 Å². The fraction of sp³-hybridized carbons (Fsp3) is 0.400. The standard InChI is InChI=1S/C25H28FN8O2/c1-3-22(35)33-10-18(11-33)32-6-4-16(5-7-32)17-8-20(26)23-21(9-17)30-24-19(12-36-23)25(28-13-27-24)34-14-29-31(2)15-34/h3,8-9,13-16,18H,1,4-7,10-12H2,2H3,(H,27,28,30)/q+1. The molecule has 3 aliphatic heterocycles. The number of rotatable bonds is 4. The van der Waals surface area contributed by atoms with E-state index in [4.69, 9.17) is 4.74 Å². The molecule has 0 radical (unpaired) electrons. The highest BCUT2D eigenvalue weighted by Crippen LogP contribution is 2.40. The molecule has 0 aliphatic carbocycles. The first-order valence-corrected chi connectivity index (χ1v) is 12.1. The number of nitrogens with one attached hydrogen (secondary N) is 1. The molecule has 0 saturated carbocycles. The molecule has 2 saturated heterocycles. The maximum Gasteiger partial charge on any atom is 0.249 e. The number of amides is 1. The van der Waals surface area contributed by atoms with Crippen LogP contribution in [0.4, 0.5) is 15.9 Å². The molecule has 36 heavy (non-hydrogen) atoms. The van der Waals surface area contributed by atoms with Gasteiger partial charge in [0, 0.05) is 19.1 Å². The summed E-state index contributed by atoms with van der Waals surface area (Å²) in [6, 6.07) is 3.99. The van der Waals surface area contributed by atoms with E-state index in [0.29, 0.717) is 23.4 Å². The van der Waals surface area contributed by atoms with Crippen molar-refractivity contribution in [2.24, 2.45) is 7.05 Å². The summed E-state index contributed by atoms with van der Waals surface area (Å²) in [4.78, 5) is 24.8. The van der Waals surface area contributed by atoms with E-state index < -0.39 is 0 Å². The van der Waals surface area contributed by atoms with E-state index in [-0.39, 0.29) is 30.0 Å². The fourth-order valence-corrected chi connectivity index (χ4v) is 5.31. The molecule has 11 heteroatoms. The van der Waals surface area contributed by atoms with Gasteiger partial charge in [0.05, 0.1) is 12.7 Å². The van der Waals surface area contributed by atoms with Crippen LogP contribution in [-0.4, -0.2) is 67.7 Å². The summed E-state index contributed by atoms with van der Waals surface area (Å²) in [5.41, 5.74) is 2.26. The number of aryl methyl sites for hydroxylation is 1. The zero-order valence-corrected chi connectivity index (χ0v) is 20.1. The van der Waals surface area contributed by atoms with Crippen molar-refractivity contribution in [2.75, 3.05) is 31.5 Å². The Morgan fingerprint density at radius 2 is 2.08 bits per heavy atom. The summed E-state index contributed by atoms with van der Waals surface area (Å²) < 4.78 is 24.6. The summed E-state index contributed by atoms with van der Waals surface area (Å²) in [6.45, 7) is 7.05. The topological polar surface area (TPSA) is 92.3 Å². The van der Waals surface area contributed by atoms with E-state index in [0.717, 1.165) is 50.1 Å². The number of fused-ring (bicyclic) bond motifs is 2. The smallest absolute Gasteiger partial charge is 0.249 e. The lowest BCUT2D eigenvalue weighted by Gasteiger charge is -2.47. The Hall–Kier alpha value is -3.86. The second kappa shape index (κ2) is 8.98. The summed E-state index contributed by atoms with van der Waals surface area (Å²) in [5, 5.41) is 7.49. The third-order valence-electron chi connectivity index (χ3n) is 7.36. The van der Waals surface area contributed by atoms with Crippen LogP contribution >= 0.6 is 0 Å². The van der Waals surface area contributed by atoms with E-state index in [1.165, 1.54) is 12.4 Å². The molecule has 1 aromatic carbocycles. The molecular formula is C25H28FN8O2+. The number of hydrogen-bond acceptors (Lipinski definition) is 7. The minimum absolute atomic E-state index is 0.00528. The number of carbonyl (C=O) groups excluding carboxylic acids is 1. The van der Waals surface area contributed by atoms with Gasteiger partial charge in [0.1, 0.15) is 18.0 Å². The van der Waals surface area contributed by atoms with Crippen LogP contribution < -0.4 is 14.6 Å². The lowest BCUT2D eigenvalue weighted by molar-refractivity contribution is -0.601. The minimum Gasteiger partial charge on any atom is -0.483 e. The van der Waals surface area contributed by atoms with Gasteiger partial charge in [-0.3, -0.25) is 9.69 Å². The molecule has 1 amide bonds. The van der Waals surface area contributed by atoms with Crippen LogP contribution in [-0.2, 0) is 18.4 Å². The molecular weight excluding hydrogens is 463 g/mol. The molecule has 0 unspecified atom stereocenters. The Morgan fingerprint density at radius 1 is 1.28 bits per heavy atom. The van der Waals surface area contributed by atoms with Crippen LogP contribution in [0.15, 0.2) is 43.8 Å². The molecule has 5 heterocycles. The van der Waals surface area contributed by atoms with Crippen LogP contribution in [0.3, 0.4) is 0 Å². The van der Waals surface area contributed by atoms with Gasteiger partial charge in [0.15, 0.2) is 24.2 Å². The first-order chi connectivity index (χ1) is 17.5. The highest BCUT2D eigenvalue weighted by atomic mass is 19.1. The quantitative estimate of drug-likeness (QED) is 0.440. The van der Waals surface area contributed by atoms with Crippen LogP contribution in [0.1, 0.15) is 29.9 Å². The third-order valence-corrected chi connectivity index (χ3v) is 7.36. The normalized spacial score (nSPS) is 18.3. The lowest BCUT2D eigenvalue weighted by Crippen LogP contribution is -2.61. The number of piperidine rings is 1. The van der Waals surface area contributed by atoms with Crippen molar-refractivity contribution in [1.29, 1.82) is 0 Å². The van der Waals surface area contributed by atoms with Gasteiger partial charge in [0.25, 0.3) is 0 Å². The Bertz CT molecular complexity index is 1330. The zero-order valence-electron chi connectivity index (χ0n) is 20.1. The summed E-state index contributed by atoms with van der Waals surface area (Å²) >= 11 is 0. The zero-order chi connectivity index (χ0) is 24.8. The largest absolute Gasteiger partial charge is 0.483 e. The number of carbonyl (C=O) groups is 1. The molecule has 3 aromatic rings. The van der Waals surface area contributed by atoms with Crippen LogP contribution in [0, 0.1) is 5.82 Å².